The second kappa shape index (κ2) is 7.52. The molecule has 2 heterocycles. The molecule has 5 heteroatoms. The van der Waals surface area contributed by atoms with E-state index in [1.165, 1.54) is 6.42 Å². The van der Waals surface area contributed by atoms with Crippen LogP contribution in [0.25, 0.3) is 6.08 Å². The van der Waals surface area contributed by atoms with Crippen molar-refractivity contribution in [3.05, 3.63) is 22.5 Å². The highest BCUT2D eigenvalue weighted by Gasteiger charge is 2.24. The van der Waals surface area contributed by atoms with Crippen molar-refractivity contribution in [2.75, 3.05) is 13.1 Å². The minimum Gasteiger partial charge on any atom is -0.339 e. The topological polar surface area (TPSA) is 38.1 Å². The van der Waals surface area contributed by atoms with Crippen molar-refractivity contribution < 1.29 is 4.79 Å². The van der Waals surface area contributed by atoms with Crippen LogP contribution in [0.15, 0.2) is 6.08 Å². The minimum atomic E-state index is 0.0653. The molecule has 0 aromatic carbocycles. The average molecular weight is 338 g/mol. The van der Waals surface area contributed by atoms with Crippen LogP contribution < -0.4 is 0 Å². The highest BCUT2D eigenvalue weighted by Crippen LogP contribution is 2.24. The number of hydrogen-bond acceptors (Lipinski definition) is 2. The van der Waals surface area contributed by atoms with E-state index in [9.17, 15) is 4.79 Å². The zero-order valence-corrected chi connectivity index (χ0v) is 15.6. The molecule has 0 aliphatic carbocycles. The first-order valence-electron chi connectivity index (χ1n) is 8.47. The van der Waals surface area contributed by atoms with Crippen LogP contribution in [0.1, 0.15) is 45.4 Å². The normalized spacial score (nSPS) is 22.3. The molecule has 1 aliphatic rings. The summed E-state index contributed by atoms with van der Waals surface area (Å²) in [7, 11) is 0. The van der Waals surface area contributed by atoms with E-state index in [-0.39, 0.29) is 5.91 Å². The smallest absolute Gasteiger partial charge is 0.246 e. The fourth-order valence-electron chi connectivity index (χ4n) is 3.33. The third-order valence-electron chi connectivity index (χ3n) is 4.22. The Labute approximate surface area is 144 Å². The number of aromatic nitrogens is 2. The number of nitrogens with zero attached hydrogens (tertiary/aromatic N) is 3. The summed E-state index contributed by atoms with van der Waals surface area (Å²) in [5.74, 6) is 1.67. The number of rotatable bonds is 4. The Balaban J connectivity index is 2.10. The number of carbonyl (C=O) groups is 1. The highest BCUT2D eigenvalue weighted by molar-refractivity contribution is 6.31. The SMILES string of the molecule is Cc1nn(CC(C)C)c(Cl)c1/C=C/C(=O)N1CC(C)CC(C)C1. The first-order valence-corrected chi connectivity index (χ1v) is 8.85. The summed E-state index contributed by atoms with van der Waals surface area (Å²) < 4.78 is 1.82. The zero-order chi connectivity index (χ0) is 17.1. The van der Waals surface area contributed by atoms with Crippen molar-refractivity contribution in [3.8, 4) is 0 Å². The lowest BCUT2D eigenvalue weighted by molar-refractivity contribution is -0.128. The zero-order valence-electron chi connectivity index (χ0n) is 14.8. The van der Waals surface area contributed by atoms with Crippen LogP contribution in [-0.2, 0) is 11.3 Å². The molecule has 0 spiro atoms. The van der Waals surface area contributed by atoms with Crippen molar-refractivity contribution in [3.63, 3.8) is 0 Å². The molecule has 4 nitrogen and oxygen atoms in total. The number of halogens is 1. The largest absolute Gasteiger partial charge is 0.339 e. The van der Waals surface area contributed by atoms with Crippen LogP contribution >= 0.6 is 11.6 Å². The van der Waals surface area contributed by atoms with Crippen LogP contribution in [-0.4, -0.2) is 33.7 Å². The number of hydrogen-bond donors (Lipinski definition) is 0. The van der Waals surface area contributed by atoms with Crippen molar-refractivity contribution in [1.82, 2.24) is 14.7 Å². The Morgan fingerprint density at radius 2 is 1.96 bits per heavy atom. The lowest BCUT2D eigenvalue weighted by Gasteiger charge is -2.34. The molecule has 2 rings (SSSR count). The second-order valence-corrected chi connectivity index (χ2v) is 7.75. The molecule has 0 saturated carbocycles. The molecule has 2 atom stereocenters. The second-order valence-electron chi connectivity index (χ2n) is 7.39. The molecule has 1 aromatic rings. The molecule has 2 unspecified atom stereocenters. The first-order chi connectivity index (χ1) is 10.8. The number of carbonyl (C=O) groups excluding carboxylic acids is 1. The van der Waals surface area contributed by atoms with Crippen LogP contribution in [0.4, 0.5) is 0 Å². The average Bonchev–Trinajstić information content (AvgIpc) is 2.69. The molecule has 0 N–H and O–H groups in total. The first kappa shape index (κ1) is 18.1. The summed E-state index contributed by atoms with van der Waals surface area (Å²) in [5, 5.41) is 5.09. The summed E-state index contributed by atoms with van der Waals surface area (Å²) in [6.45, 7) is 13.1. The molecule has 1 saturated heterocycles. The lowest BCUT2D eigenvalue weighted by atomic mass is 9.92. The fraction of sp³-hybridized carbons (Fsp3) is 0.667. The Bertz CT molecular complexity index is 581. The van der Waals surface area contributed by atoms with Crippen LogP contribution in [0, 0.1) is 24.7 Å². The molecule has 0 bridgehead atoms. The standard InChI is InChI=1S/C18H28ClN3O/c1-12(2)9-22-18(19)16(15(5)20-22)6-7-17(23)21-10-13(3)8-14(4)11-21/h6-7,12-14H,8-11H2,1-5H3/b7-6+. The molecule has 0 radical (unpaired) electrons. The van der Waals surface area contributed by atoms with E-state index >= 15 is 0 Å². The van der Waals surface area contributed by atoms with Gasteiger partial charge in [-0.25, -0.2) is 0 Å². The van der Waals surface area contributed by atoms with Crippen molar-refractivity contribution in [2.24, 2.45) is 17.8 Å². The highest BCUT2D eigenvalue weighted by atomic mass is 35.5. The van der Waals surface area contributed by atoms with Gasteiger partial charge in [0.1, 0.15) is 5.15 Å². The van der Waals surface area contributed by atoms with Crippen molar-refractivity contribution >= 4 is 23.6 Å². The van der Waals surface area contributed by atoms with Gasteiger partial charge < -0.3 is 4.90 Å². The van der Waals surface area contributed by atoms with Crippen LogP contribution in [0.5, 0.6) is 0 Å². The molecular weight excluding hydrogens is 310 g/mol. The quantitative estimate of drug-likeness (QED) is 0.778. The monoisotopic (exact) mass is 337 g/mol. The summed E-state index contributed by atoms with van der Waals surface area (Å²) in [5.41, 5.74) is 1.71. The summed E-state index contributed by atoms with van der Waals surface area (Å²) in [6, 6.07) is 0. The molecule has 1 fully saturated rings. The lowest BCUT2D eigenvalue weighted by Crippen LogP contribution is -2.41. The minimum absolute atomic E-state index is 0.0653. The van der Waals surface area contributed by atoms with Gasteiger partial charge in [-0.05, 0) is 37.2 Å². The van der Waals surface area contributed by atoms with Gasteiger partial charge in [-0.1, -0.05) is 39.3 Å². The van der Waals surface area contributed by atoms with E-state index in [0.29, 0.717) is 22.9 Å². The van der Waals surface area contributed by atoms with E-state index < -0.39 is 0 Å². The Hall–Kier alpha value is -1.29. The van der Waals surface area contributed by atoms with Gasteiger partial charge in [0.25, 0.3) is 0 Å². The van der Waals surface area contributed by atoms with E-state index in [0.717, 1.165) is 30.9 Å². The maximum absolute atomic E-state index is 12.4. The van der Waals surface area contributed by atoms with Gasteiger partial charge in [-0.2, -0.15) is 5.10 Å². The third kappa shape index (κ3) is 4.60. The van der Waals surface area contributed by atoms with E-state index in [1.54, 1.807) is 6.08 Å². The number of piperidine rings is 1. The molecule has 1 aromatic heterocycles. The Morgan fingerprint density at radius 1 is 1.35 bits per heavy atom. The molecule has 1 aliphatic heterocycles. The summed E-state index contributed by atoms with van der Waals surface area (Å²) >= 11 is 6.41. The number of amides is 1. The van der Waals surface area contributed by atoms with Gasteiger partial charge in [-0.15, -0.1) is 0 Å². The summed E-state index contributed by atoms with van der Waals surface area (Å²) in [6.07, 6.45) is 4.65. The Morgan fingerprint density at radius 3 is 2.52 bits per heavy atom. The van der Waals surface area contributed by atoms with Gasteiger partial charge in [0.05, 0.1) is 5.69 Å². The van der Waals surface area contributed by atoms with Gasteiger partial charge in [0, 0.05) is 31.3 Å². The van der Waals surface area contributed by atoms with E-state index in [1.807, 2.05) is 22.6 Å². The van der Waals surface area contributed by atoms with Gasteiger partial charge >= 0.3 is 0 Å². The van der Waals surface area contributed by atoms with E-state index in [2.05, 4.69) is 32.8 Å². The molecule has 1 amide bonds. The summed E-state index contributed by atoms with van der Waals surface area (Å²) in [4.78, 5) is 14.4. The molecule has 23 heavy (non-hydrogen) atoms. The predicted octanol–water partition coefficient (Wildman–Crippen LogP) is 4.02. The molecular formula is C18H28ClN3O. The van der Waals surface area contributed by atoms with E-state index in [4.69, 9.17) is 11.6 Å². The Kier molecular flexibility index (Phi) is 5.90. The third-order valence-corrected chi connectivity index (χ3v) is 4.62. The van der Waals surface area contributed by atoms with Crippen LogP contribution in [0.3, 0.4) is 0 Å². The van der Waals surface area contributed by atoms with Crippen molar-refractivity contribution in [2.45, 2.75) is 47.6 Å². The van der Waals surface area contributed by atoms with Gasteiger partial charge in [0.2, 0.25) is 5.91 Å². The maximum Gasteiger partial charge on any atom is 0.246 e. The maximum atomic E-state index is 12.4. The van der Waals surface area contributed by atoms with Crippen LogP contribution in [0.2, 0.25) is 5.15 Å². The van der Waals surface area contributed by atoms with Gasteiger partial charge in [0.15, 0.2) is 0 Å². The van der Waals surface area contributed by atoms with Crippen molar-refractivity contribution in [1.29, 1.82) is 0 Å². The predicted molar refractivity (Wildman–Crippen MR) is 95.4 cm³/mol. The number of aryl methyl sites for hydroxylation is 1. The molecule has 128 valence electrons. The fourth-order valence-corrected chi connectivity index (χ4v) is 3.63. The number of likely N-dealkylation sites (tertiary alicyclic amines) is 1. The van der Waals surface area contributed by atoms with Gasteiger partial charge in [-0.3, -0.25) is 9.48 Å².